The van der Waals surface area contributed by atoms with Crippen LogP contribution >= 0.6 is 0 Å². The van der Waals surface area contributed by atoms with E-state index in [-0.39, 0.29) is 12.0 Å². The molecule has 0 spiro atoms. The van der Waals surface area contributed by atoms with E-state index in [0.29, 0.717) is 6.61 Å². The van der Waals surface area contributed by atoms with Crippen molar-refractivity contribution in [2.24, 2.45) is 11.1 Å². The molecule has 0 fully saturated rings. The number of methoxy groups -OCH3 is 1. The topological polar surface area (TPSA) is 61.5 Å². The molecule has 1 atom stereocenters. The summed E-state index contributed by atoms with van der Waals surface area (Å²) in [7, 11) is 1.50. The lowest BCUT2D eigenvalue weighted by atomic mass is 9.93. The number of carbonyl (C=O) groups excluding carboxylic acids is 1. The van der Waals surface area contributed by atoms with E-state index >= 15 is 0 Å². The van der Waals surface area contributed by atoms with Crippen molar-refractivity contribution in [3.05, 3.63) is 0 Å². The molecule has 0 rings (SSSR count). The van der Waals surface area contributed by atoms with E-state index in [1.54, 1.807) is 0 Å². The molecular weight excluding hydrogens is 182 g/mol. The monoisotopic (exact) mass is 203 g/mol. The van der Waals surface area contributed by atoms with Crippen LogP contribution in [0.5, 0.6) is 0 Å². The van der Waals surface area contributed by atoms with Crippen LogP contribution in [0.2, 0.25) is 0 Å². The van der Waals surface area contributed by atoms with Crippen LogP contribution in [0.3, 0.4) is 0 Å². The Hall–Kier alpha value is -0.610. The Balaban J connectivity index is 3.64. The fourth-order valence-electron chi connectivity index (χ4n) is 0.812. The second-order valence-electron chi connectivity index (χ2n) is 4.54. The largest absolute Gasteiger partial charge is 0.464 e. The van der Waals surface area contributed by atoms with Gasteiger partial charge in [-0.3, -0.25) is 4.79 Å². The molecule has 0 aromatic rings. The molecule has 0 aliphatic carbocycles. The maximum Gasteiger partial charge on any atom is 0.325 e. The highest BCUT2D eigenvalue weighted by Crippen LogP contribution is 2.17. The summed E-state index contributed by atoms with van der Waals surface area (Å²) in [5.74, 6) is -0.392. The van der Waals surface area contributed by atoms with Crippen molar-refractivity contribution in [2.45, 2.75) is 33.2 Å². The zero-order chi connectivity index (χ0) is 11.2. The quantitative estimate of drug-likeness (QED) is 0.675. The van der Waals surface area contributed by atoms with Crippen LogP contribution in [0.25, 0.3) is 0 Å². The van der Waals surface area contributed by atoms with E-state index in [0.717, 1.165) is 6.42 Å². The molecule has 0 amide bonds. The Bertz CT molecular complexity index is 175. The highest BCUT2D eigenvalue weighted by molar-refractivity contribution is 5.75. The highest BCUT2D eigenvalue weighted by Gasteiger charge is 2.16. The molecule has 0 bridgehead atoms. The number of esters is 1. The predicted molar refractivity (Wildman–Crippen MR) is 54.9 cm³/mol. The van der Waals surface area contributed by atoms with Crippen LogP contribution in [0.4, 0.5) is 0 Å². The second kappa shape index (κ2) is 5.98. The zero-order valence-corrected chi connectivity index (χ0v) is 9.50. The van der Waals surface area contributed by atoms with E-state index < -0.39 is 12.0 Å². The molecule has 84 valence electrons. The van der Waals surface area contributed by atoms with Gasteiger partial charge in [-0.25, -0.2) is 0 Å². The molecule has 4 heteroatoms. The van der Waals surface area contributed by atoms with Gasteiger partial charge in [-0.15, -0.1) is 0 Å². The normalized spacial score (nSPS) is 13.8. The average molecular weight is 203 g/mol. The molecule has 0 aromatic heterocycles. The van der Waals surface area contributed by atoms with Gasteiger partial charge < -0.3 is 15.2 Å². The molecule has 0 aromatic carbocycles. The molecule has 1 unspecified atom stereocenters. The fraction of sp³-hybridized carbons (Fsp3) is 0.900. The van der Waals surface area contributed by atoms with Crippen LogP contribution < -0.4 is 5.73 Å². The first-order valence-corrected chi connectivity index (χ1v) is 4.78. The van der Waals surface area contributed by atoms with Crippen molar-refractivity contribution in [3.8, 4) is 0 Å². The Labute approximate surface area is 85.8 Å². The molecule has 4 nitrogen and oxygen atoms in total. The molecular formula is C10H21NO3. The smallest absolute Gasteiger partial charge is 0.325 e. The number of ether oxygens (including phenoxy) is 2. The Morgan fingerprint density at radius 3 is 2.43 bits per heavy atom. The predicted octanol–water partition coefficient (Wildman–Crippen LogP) is 0.939. The lowest BCUT2D eigenvalue weighted by molar-refractivity contribution is -0.147. The fourth-order valence-corrected chi connectivity index (χ4v) is 0.812. The third-order valence-electron chi connectivity index (χ3n) is 1.75. The summed E-state index contributed by atoms with van der Waals surface area (Å²) in [4.78, 5) is 11.2. The van der Waals surface area contributed by atoms with E-state index in [1.807, 2.05) is 0 Å². The third-order valence-corrected chi connectivity index (χ3v) is 1.75. The van der Waals surface area contributed by atoms with Gasteiger partial charge in [0.2, 0.25) is 0 Å². The van der Waals surface area contributed by atoms with Gasteiger partial charge in [0.15, 0.2) is 0 Å². The van der Waals surface area contributed by atoms with Gasteiger partial charge >= 0.3 is 5.97 Å². The lowest BCUT2D eigenvalue weighted by Gasteiger charge is -2.18. The standard InChI is InChI=1S/C10H21NO3/c1-10(2,3)5-6-14-9(12)8(11)7-13-4/h8H,5-7,11H2,1-4H3. The summed E-state index contributed by atoms with van der Waals surface area (Å²) < 4.78 is 9.73. The molecule has 0 saturated carbocycles. The van der Waals surface area contributed by atoms with Gasteiger partial charge in [-0.05, 0) is 11.8 Å². The molecule has 0 radical (unpaired) electrons. The summed E-state index contributed by atoms with van der Waals surface area (Å²) in [6.07, 6.45) is 0.832. The van der Waals surface area contributed by atoms with Crippen molar-refractivity contribution in [3.63, 3.8) is 0 Å². The van der Waals surface area contributed by atoms with Gasteiger partial charge in [0, 0.05) is 7.11 Å². The van der Waals surface area contributed by atoms with Crippen molar-refractivity contribution in [2.75, 3.05) is 20.3 Å². The maximum atomic E-state index is 11.2. The minimum absolute atomic E-state index is 0.172. The first-order valence-electron chi connectivity index (χ1n) is 4.78. The van der Waals surface area contributed by atoms with Gasteiger partial charge in [-0.2, -0.15) is 0 Å². The van der Waals surface area contributed by atoms with Crippen LogP contribution in [0.1, 0.15) is 27.2 Å². The van der Waals surface area contributed by atoms with Crippen LogP contribution in [-0.2, 0) is 14.3 Å². The molecule has 0 aliphatic rings. The molecule has 0 saturated heterocycles. The van der Waals surface area contributed by atoms with E-state index in [2.05, 4.69) is 20.8 Å². The third kappa shape index (κ3) is 6.86. The van der Waals surface area contributed by atoms with Crippen LogP contribution in [0.15, 0.2) is 0 Å². The Morgan fingerprint density at radius 1 is 1.43 bits per heavy atom. The summed E-state index contributed by atoms with van der Waals surface area (Å²) >= 11 is 0. The summed E-state index contributed by atoms with van der Waals surface area (Å²) in [5.41, 5.74) is 5.65. The zero-order valence-electron chi connectivity index (χ0n) is 9.50. The number of hydrogen-bond acceptors (Lipinski definition) is 4. The molecule has 14 heavy (non-hydrogen) atoms. The second-order valence-corrected chi connectivity index (χ2v) is 4.54. The van der Waals surface area contributed by atoms with E-state index in [4.69, 9.17) is 15.2 Å². The minimum Gasteiger partial charge on any atom is -0.464 e. The summed E-state index contributed by atoms with van der Waals surface area (Å²) in [6.45, 7) is 6.90. The van der Waals surface area contributed by atoms with Gasteiger partial charge in [0.05, 0.1) is 13.2 Å². The number of carbonyl (C=O) groups is 1. The molecule has 0 aliphatic heterocycles. The minimum atomic E-state index is -0.667. The van der Waals surface area contributed by atoms with Crippen molar-refractivity contribution in [1.82, 2.24) is 0 Å². The number of hydrogen-bond donors (Lipinski definition) is 1. The van der Waals surface area contributed by atoms with Gasteiger partial charge in [0.1, 0.15) is 6.04 Å². The van der Waals surface area contributed by atoms with Crippen molar-refractivity contribution < 1.29 is 14.3 Å². The van der Waals surface area contributed by atoms with E-state index in [9.17, 15) is 4.79 Å². The number of rotatable bonds is 5. The first-order chi connectivity index (χ1) is 6.37. The van der Waals surface area contributed by atoms with Gasteiger partial charge in [-0.1, -0.05) is 20.8 Å². The SMILES string of the molecule is COCC(N)C(=O)OCCC(C)(C)C. The Morgan fingerprint density at radius 2 is 2.00 bits per heavy atom. The molecule has 2 N–H and O–H groups in total. The lowest BCUT2D eigenvalue weighted by Crippen LogP contribution is -2.36. The first kappa shape index (κ1) is 13.4. The molecule has 0 heterocycles. The average Bonchev–Trinajstić information content (AvgIpc) is 2.02. The van der Waals surface area contributed by atoms with Crippen LogP contribution in [0, 0.1) is 5.41 Å². The highest BCUT2D eigenvalue weighted by atomic mass is 16.5. The summed E-state index contributed by atoms with van der Waals surface area (Å²) in [6, 6.07) is -0.667. The van der Waals surface area contributed by atoms with Gasteiger partial charge in [0.25, 0.3) is 0 Å². The van der Waals surface area contributed by atoms with Crippen molar-refractivity contribution in [1.29, 1.82) is 0 Å². The van der Waals surface area contributed by atoms with E-state index in [1.165, 1.54) is 7.11 Å². The Kier molecular flexibility index (Phi) is 5.72. The maximum absolute atomic E-state index is 11.2. The summed E-state index contributed by atoms with van der Waals surface area (Å²) in [5, 5.41) is 0. The van der Waals surface area contributed by atoms with Crippen molar-refractivity contribution >= 4 is 5.97 Å². The van der Waals surface area contributed by atoms with Crippen LogP contribution in [-0.4, -0.2) is 32.3 Å². The number of nitrogens with two attached hydrogens (primary N) is 1.